The van der Waals surface area contributed by atoms with Gasteiger partial charge in [-0.05, 0) is 24.7 Å². The molecule has 3 nitrogen and oxygen atoms in total. The molecule has 0 radical (unpaired) electrons. The smallest absolute Gasteiger partial charge is 0.303 e. The summed E-state index contributed by atoms with van der Waals surface area (Å²) in [5.41, 5.74) is 0. The molecule has 0 unspecified atom stereocenters. The highest BCUT2D eigenvalue weighted by atomic mass is 16.4. The topological polar surface area (TPSA) is 57.5 Å². The first-order chi connectivity index (χ1) is 8.40. The van der Waals surface area contributed by atoms with Crippen LogP contribution in [0.15, 0.2) is 0 Å². The lowest BCUT2D eigenvalue weighted by atomic mass is 10.1. The largest absolute Gasteiger partial charge is 0.481 e. The Hall–Kier alpha value is -0.570. The first-order valence-corrected chi connectivity index (χ1v) is 7.22. The van der Waals surface area contributed by atoms with Crippen LogP contribution in [0, 0.1) is 11.8 Å². The van der Waals surface area contributed by atoms with Gasteiger partial charge in [-0.3, -0.25) is 4.79 Å². The van der Waals surface area contributed by atoms with Crippen molar-refractivity contribution in [1.29, 1.82) is 0 Å². The molecule has 0 rings (SSSR count). The second-order valence-electron chi connectivity index (χ2n) is 5.65. The van der Waals surface area contributed by atoms with Crippen molar-refractivity contribution in [1.82, 2.24) is 0 Å². The SMILES string of the molecule is CC(C)CCCCC(=O)O.CC(C)CCCCO. The van der Waals surface area contributed by atoms with Gasteiger partial charge in [-0.1, -0.05) is 53.4 Å². The predicted molar refractivity (Wildman–Crippen MR) is 76.7 cm³/mol. The maximum Gasteiger partial charge on any atom is 0.303 e. The Kier molecular flexibility index (Phi) is 15.9. The van der Waals surface area contributed by atoms with Gasteiger partial charge in [0.25, 0.3) is 0 Å². The molecule has 2 N–H and O–H groups in total. The van der Waals surface area contributed by atoms with Gasteiger partial charge in [0.2, 0.25) is 0 Å². The van der Waals surface area contributed by atoms with Crippen molar-refractivity contribution in [2.24, 2.45) is 11.8 Å². The number of hydrogen-bond donors (Lipinski definition) is 2. The van der Waals surface area contributed by atoms with Crippen LogP contribution in [-0.4, -0.2) is 22.8 Å². The van der Waals surface area contributed by atoms with Gasteiger partial charge < -0.3 is 10.2 Å². The molecule has 0 saturated carbocycles. The van der Waals surface area contributed by atoms with Crippen LogP contribution in [0.4, 0.5) is 0 Å². The van der Waals surface area contributed by atoms with Crippen LogP contribution < -0.4 is 0 Å². The number of hydrogen-bond acceptors (Lipinski definition) is 2. The second kappa shape index (κ2) is 14.5. The molecule has 0 atom stereocenters. The van der Waals surface area contributed by atoms with Crippen molar-refractivity contribution < 1.29 is 15.0 Å². The lowest BCUT2D eigenvalue weighted by molar-refractivity contribution is -0.137. The monoisotopic (exact) mass is 260 g/mol. The summed E-state index contributed by atoms with van der Waals surface area (Å²) in [5, 5.41) is 16.7. The quantitative estimate of drug-likeness (QED) is 0.614. The average Bonchev–Trinajstić information content (AvgIpc) is 2.25. The number of carbonyl (C=O) groups is 1. The van der Waals surface area contributed by atoms with E-state index < -0.39 is 5.97 Å². The molecule has 0 aliphatic carbocycles. The summed E-state index contributed by atoms with van der Waals surface area (Å²) >= 11 is 0. The molecule has 0 aromatic heterocycles. The summed E-state index contributed by atoms with van der Waals surface area (Å²) in [6.07, 6.45) is 6.74. The van der Waals surface area contributed by atoms with E-state index in [2.05, 4.69) is 27.7 Å². The van der Waals surface area contributed by atoms with Gasteiger partial charge in [-0.2, -0.15) is 0 Å². The van der Waals surface area contributed by atoms with Gasteiger partial charge in [0.15, 0.2) is 0 Å². The third-order valence-electron chi connectivity index (χ3n) is 2.61. The summed E-state index contributed by atoms with van der Waals surface area (Å²) in [6.45, 7) is 9.07. The number of unbranched alkanes of at least 4 members (excludes halogenated alkanes) is 2. The van der Waals surface area contributed by atoms with Crippen LogP contribution in [-0.2, 0) is 4.79 Å². The van der Waals surface area contributed by atoms with Crippen LogP contribution in [0.25, 0.3) is 0 Å². The minimum Gasteiger partial charge on any atom is -0.481 e. The van der Waals surface area contributed by atoms with E-state index in [0.29, 0.717) is 18.9 Å². The first-order valence-electron chi connectivity index (χ1n) is 7.22. The number of aliphatic hydroxyl groups excluding tert-OH is 1. The van der Waals surface area contributed by atoms with Gasteiger partial charge in [-0.15, -0.1) is 0 Å². The Labute approximate surface area is 113 Å². The number of aliphatic carboxylic acids is 1. The zero-order valence-electron chi connectivity index (χ0n) is 12.6. The summed E-state index contributed by atoms with van der Waals surface area (Å²) < 4.78 is 0. The molecule has 3 heteroatoms. The Morgan fingerprint density at radius 3 is 1.67 bits per heavy atom. The summed E-state index contributed by atoms with van der Waals surface area (Å²) in [6, 6.07) is 0. The van der Waals surface area contributed by atoms with Crippen molar-refractivity contribution in [3.63, 3.8) is 0 Å². The lowest BCUT2D eigenvalue weighted by Gasteiger charge is -2.01. The molecule has 0 aromatic carbocycles. The third kappa shape index (κ3) is 24.6. The molecule has 0 saturated heterocycles. The average molecular weight is 260 g/mol. The van der Waals surface area contributed by atoms with Crippen LogP contribution in [0.2, 0.25) is 0 Å². The maximum absolute atomic E-state index is 10.0. The van der Waals surface area contributed by atoms with Crippen molar-refractivity contribution in [3.8, 4) is 0 Å². The minimum absolute atomic E-state index is 0.326. The highest BCUT2D eigenvalue weighted by Crippen LogP contribution is 2.07. The standard InChI is InChI=1S/C8H16O2.C7H16O/c1-7(2)5-3-4-6-8(9)10;1-7(2)5-3-4-6-8/h7H,3-6H2,1-2H3,(H,9,10);7-8H,3-6H2,1-2H3. The normalized spacial score (nSPS) is 10.4. The molecule has 0 amide bonds. The predicted octanol–water partition coefficient (Wildman–Crippen LogP) is 4.09. The summed E-state index contributed by atoms with van der Waals surface area (Å²) in [5.74, 6) is 0.819. The Morgan fingerprint density at radius 2 is 1.33 bits per heavy atom. The van der Waals surface area contributed by atoms with E-state index in [9.17, 15) is 4.79 Å². The minimum atomic E-state index is -0.677. The second-order valence-corrected chi connectivity index (χ2v) is 5.65. The zero-order chi connectivity index (χ0) is 14.4. The molecular weight excluding hydrogens is 228 g/mol. The van der Waals surface area contributed by atoms with Gasteiger partial charge in [0, 0.05) is 13.0 Å². The van der Waals surface area contributed by atoms with E-state index in [1.807, 2.05) is 0 Å². The van der Waals surface area contributed by atoms with E-state index in [-0.39, 0.29) is 0 Å². The first kappa shape index (κ1) is 19.8. The number of aliphatic hydroxyl groups is 1. The van der Waals surface area contributed by atoms with Crippen LogP contribution in [0.5, 0.6) is 0 Å². The van der Waals surface area contributed by atoms with Gasteiger partial charge in [0.1, 0.15) is 0 Å². The maximum atomic E-state index is 10.0. The lowest BCUT2D eigenvalue weighted by Crippen LogP contribution is -1.94. The Morgan fingerprint density at radius 1 is 0.889 bits per heavy atom. The molecule has 0 aliphatic rings. The molecule has 0 heterocycles. The molecule has 0 aromatic rings. The molecule has 110 valence electrons. The van der Waals surface area contributed by atoms with E-state index in [4.69, 9.17) is 10.2 Å². The number of rotatable bonds is 9. The van der Waals surface area contributed by atoms with E-state index in [0.717, 1.165) is 31.6 Å². The van der Waals surface area contributed by atoms with E-state index in [1.54, 1.807) is 0 Å². The van der Waals surface area contributed by atoms with Gasteiger partial charge in [-0.25, -0.2) is 0 Å². The van der Waals surface area contributed by atoms with Crippen molar-refractivity contribution in [2.45, 2.75) is 72.6 Å². The molecule has 0 bridgehead atoms. The highest BCUT2D eigenvalue weighted by Gasteiger charge is 1.97. The third-order valence-corrected chi connectivity index (χ3v) is 2.61. The van der Waals surface area contributed by atoms with Crippen LogP contribution >= 0.6 is 0 Å². The van der Waals surface area contributed by atoms with E-state index in [1.165, 1.54) is 12.8 Å². The van der Waals surface area contributed by atoms with Crippen molar-refractivity contribution in [3.05, 3.63) is 0 Å². The Balaban J connectivity index is 0. The fourth-order valence-electron chi connectivity index (χ4n) is 1.49. The fraction of sp³-hybridized carbons (Fsp3) is 0.933. The van der Waals surface area contributed by atoms with E-state index >= 15 is 0 Å². The summed E-state index contributed by atoms with van der Waals surface area (Å²) in [4.78, 5) is 10.0. The molecular formula is C15H32O3. The number of carboxylic acid groups (broad SMARTS) is 1. The highest BCUT2D eigenvalue weighted by molar-refractivity contribution is 5.66. The molecule has 0 spiro atoms. The molecule has 0 aliphatic heterocycles. The van der Waals surface area contributed by atoms with Crippen LogP contribution in [0.3, 0.4) is 0 Å². The van der Waals surface area contributed by atoms with Crippen LogP contribution in [0.1, 0.15) is 72.6 Å². The van der Waals surface area contributed by atoms with Crippen molar-refractivity contribution in [2.75, 3.05) is 6.61 Å². The number of carboxylic acids is 1. The zero-order valence-corrected chi connectivity index (χ0v) is 12.6. The van der Waals surface area contributed by atoms with Crippen molar-refractivity contribution >= 4 is 5.97 Å². The summed E-state index contributed by atoms with van der Waals surface area (Å²) in [7, 11) is 0. The van der Waals surface area contributed by atoms with Gasteiger partial charge >= 0.3 is 5.97 Å². The molecule has 18 heavy (non-hydrogen) atoms. The molecule has 0 fully saturated rings. The Bertz CT molecular complexity index is 177. The fourth-order valence-corrected chi connectivity index (χ4v) is 1.49. The van der Waals surface area contributed by atoms with Gasteiger partial charge in [0.05, 0.1) is 0 Å².